The maximum atomic E-state index is 11.8. The average Bonchev–Trinajstić information content (AvgIpc) is 2.79. The highest BCUT2D eigenvalue weighted by Crippen LogP contribution is 2.09. The summed E-state index contributed by atoms with van der Waals surface area (Å²) in [6.07, 6.45) is 1.93. The predicted octanol–water partition coefficient (Wildman–Crippen LogP) is 0.837. The molecule has 0 saturated carbocycles. The summed E-state index contributed by atoms with van der Waals surface area (Å²) in [5.41, 5.74) is 0. The minimum atomic E-state index is -0.233. The first-order chi connectivity index (χ1) is 8.16. The Bertz CT molecular complexity index is 383. The van der Waals surface area contributed by atoms with Gasteiger partial charge in [-0.25, -0.2) is 4.98 Å². The van der Waals surface area contributed by atoms with E-state index in [4.69, 9.17) is 4.74 Å². The number of aromatic nitrogens is 3. The van der Waals surface area contributed by atoms with Gasteiger partial charge >= 0.3 is 0 Å². The van der Waals surface area contributed by atoms with Gasteiger partial charge in [-0.05, 0) is 12.8 Å². The first-order valence-corrected chi connectivity index (χ1v) is 5.97. The van der Waals surface area contributed by atoms with Gasteiger partial charge < -0.3 is 10.1 Å². The molecule has 2 N–H and O–H groups in total. The fourth-order valence-electron chi connectivity index (χ4n) is 1.74. The zero-order valence-corrected chi connectivity index (χ0v) is 10.2. The Kier molecular flexibility index (Phi) is 3.73. The lowest BCUT2D eigenvalue weighted by Crippen LogP contribution is -2.41. The van der Waals surface area contributed by atoms with Gasteiger partial charge in [0.1, 0.15) is 5.82 Å². The molecule has 17 heavy (non-hydrogen) atoms. The summed E-state index contributed by atoms with van der Waals surface area (Å²) in [7, 11) is 0. The highest BCUT2D eigenvalue weighted by Gasteiger charge is 2.20. The molecule has 1 unspecified atom stereocenters. The van der Waals surface area contributed by atoms with E-state index in [1.165, 1.54) is 0 Å². The van der Waals surface area contributed by atoms with Crippen molar-refractivity contribution in [3.63, 3.8) is 0 Å². The van der Waals surface area contributed by atoms with Crippen molar-refractivity contribution < 1.29 is 9.53 Å². The summed E-state index contributed by atoms with van der Waals surface area (Å²) in [5.74, 6) is 0.944. The number of H-pyrrole nitrogens is 1. The Morgan fingerprint density at radius 1 is 1.59 bits per heavy atom. The first kappa shape index (κ1) is 12.0. The van der Waals surface area contributed by atoms with Gasteiger partial charge in [0.15, 0.2) is 0 Å². The molecule has 0 spiro atoms. The van der Waals surface area contributed by atoms with Gasteiger partial charge in [-0.3, -0.25) is 9.89 Å². The largest absolute Gasteiger partial charge is 0.379 e. The molecule has 2 rings (SSSR count). The van der Waals surface area contributed by atoms with Crippen LogP contribution in [0.3, 0.4) is 0 Å². The van der Waals surface area contributed by atoms with E-state index in [-0.39, 0.29) is 23.7 Å². The number of nitrogens with zero attached hydrogens (tertiary/aromatic N) is 2. The minimum Gasteiger partial charge on any atom is -0.379 e. The molecule has 94 valence electrons. The molecule has 1 aliphatic rings. The van der Waals surface area contributed by atoms with E-state index in [0.29, 0.717) is 6.61 Å². The molecule has 1 aromatic rings. The first-order valence-electron chi connectivity index (χ1n) is 5.97. The van der Waals surface area contributed by atoms with Crippen LogP contribution in [0, 0.1) is 0 Å². The topological polar surface area (TPSA) is 79.9 Å². The fraction of sp³-hybridized carbons (Fsp3) is 0.727. The van der Waals surface area contributed by atoms with Crippen molar-refractivity contribution in [2.24, 2.45) is 0 Å². The minimum absolute atomic E-state index is 0.0808. The van der Waals surface area contributed by atoms with Crippen molar-refractivity contribution in [2.75, 3.05) is 13.2 Å². The lowest BCUT2D eigenvalue weighted by Gasteiger charge is -2.22. The second kappa shape index (κ2) is 5.27. The van der Waals surface area contributed by atoms with E-state index in [0.717, 1.165) is 25.3 Å². The summed E-state index contributed by atoms with van der Waals surface area (Å²) in [6.45, 7) is 5.35. The zero-order valence-electron chi connectivity index (χ0n) is 10.2. The molecular formula is C11H18N4O2. The summed E-state index contributed by atoms with van der Waals surface area (Å²) in [5, 5.41) is 9.56. The van der Waals surface area contributed by atoms with Crippen LogP contribution in [0.25, 0.3) is 0 Å². The van der Waals surface area contributed by atoms with Gasteiger partial charge in [0.05, 0.1) is 12.6 Å². The highest BCUT2D eigenvalue weighted by molar-refractivity contribution is 5.90. The molecule has 1 aliphatic heterocycles. The van der Waals surface area contributed by atoms with E-state index in [2.05, 4.69) is 20.5 Å². The van der Waals surface area contributed by atoms with E-state index >= 15 is 0 Å². The van der Waals surface area contributed by atoms with Crippen LogP contribution in [0.15, 0.2) is 0 Å². The molecule has 1 aromatic heterocycles. The third-order valence-corrected chi connectivity index (χ3v) is 2.75. The smallest absolute Gasteiger partial charge is 0.291 e. The number of hydrogen-bond acceptors (Lipinski definition) is 4. The van der Waals surface area contributed by atoms with Crippen LogP contribution in [0.5, 0.6) is 0 Å². The Morgan fingerprint density at radius 3 is 3.00 bits per heavy atom. The number of aromatic amines is 1. The Balaban J connectivity index is 1.94. The monoisotopic (exact) mass is 238 g/mol. The van der Waals surface area contributed by atoms with Gasteiger partial charge in [0.25, 0.3) is 5.91 Å². The molecular weight excluding hydrogens is 220 g/mol. The Hall–Kier alpha value is -1.43. The van der Waals surface area contributed by atoms with Crippen LogP contribution >= 0.6 is 0 Å². The summed E-state index contributed by atoms with van der Waals surface area (Å²) in [6, 6.07) is 0.0808. The summed E-state index contributed by atoms with van der Waals surface area (Å²) in [4.78, 5) is 16.0. The van der Waals surface area contributed by atoms with Crippen molar-refractivity contribution in [2.45, 2.75) is 38.6 Å². The van der Waals surface area contributed by atoms with Gasteiger partial charge in [0, 0.05) is 12.5 Å². The zero-order chi connectivity index (χ0) is 12.3. The number of carbonyl (C=O) groups is 1. The molecule has 1 saturated heterocycles. The van der Waals surface area contributed by atoms with Crippen LogP contribution in [-0.2, 0) is 4.74 Å². The van der Waals surface area contributed by atoms with E-state index in [9.17, 15) is 4.79 Å². The molecule has 0 aliphatic carbocycles. The van der Waals surface area contributed by atoms with Gasteiger partial charge in [-0.15, -0.1) is 5.10 Å². The number of nitrogens with one attached hydrogen (secondary N) is 2. The van der Waals surface area contributed by atoms with Crippen molar-refractivity contribution in [1.82, 2.24) is 20.5 Å². The number of carbonyl (C=O) groups excluding carboxylic acids is 1. The fourth-order valence-corrected chi connectivity index (χ4v) is 1.74. The van der Waals surface area contributed by atoms with Crippen LogP contribution < -0.4 is 5.32 Å². The summed E-state index contributed by atoms with van der Waals surface area (Å²) < 4.78 is 5.30. The normalized spacial score (nSPS) is 20.5. The average molecular weight is 238 g/mol. The van der Waals surface area contributed by atoms with Crippen LogP contribution in [-0.4, -0.2) is 40.3 Å². The van der Waals surface area contributed by atoms with Crippen molar-refractivity contribution >= 4 is 5.91 Å². The van der Waals surface area contributed by atoms with Crippen molar-refractivity contribution in [1.29, 1.82) is 0 Å². The van der Waals surface area contributed by atoms with Crippen molar-refractivity contribution in [3.8, 4) is 0 Å². The quantitative estimate of drug-likeness (QED) is 0.817. The lowest BCUT2D eigenvalue weighted by molar-refractivity contribution is 0.0619. The van der Waals surface area contributed by atoms with E-state index in [1.807, 2.05) is 13.8 Å². The maximum absolute atomic E-state index is 11.8. The second-order valence-corrected chi connectivity index (χ2v) is 4.59. The number of ether oxygens (including phenoxy) is 1. The number of hydrogen-bond donors (Lipinski definition) is 2. The lowest BCUT2D eigenvalue weighted by atomic mass is 10.1. The van der Waals surface area contributed by atoms with Crippen LogP contribution in [0.1, 0.15) is 49.1 Å². The van der Waals surface area contributed by atoms with E-state index in [1.54, 1.807) is 0 Å². The molecule has 0 radical (unpaired) electrons. The molecule has 6 nitrogen and oxygen atoms in total. The summed E-state index contributed by atoms with van der Waals surface area (Å²) >= 11 is 0. The second-order valence-electron chi connectivity index (χ2n) is 4.59. The van der Waals surface area contributed by atoms with Crippen LogP contribution in [0.2, 0.25) is 0 Å². The molecule has 6 heteroatoms. The Labute approximate surface area is 100 Å². The van der Waals surface area contributed by atoms with E-state index < -0.39 is 0 Å². The SMILES string of the molecule is CC(C)c1nc(C(=O)NC2CCCOC2)n[nH]1. The number of rotatable bonds is 3. The third kappa shape index (κ3) is 3.03. The molecule has 0 bridgehead atoms. The molecule has 0 aromatic carbocycles. The molecule has 1 amide bonds. The third-order valence-electron chi connectivity index (χ3n) is 2.75. The van der Waals surface area contributed by atoms with Crippen molar-refractivity contribution in [3.05, 3.63) is 11.6 Å². The molecule has 2 heterocycles. The molecule has 1 atom stereocenters. The standard InChI is InChI=1S/C11H18N4O2/c1-7(2)9-13-10(15-14-9)11(16)12-8-4-3-5-17-6-8/h7-8H,3-6H2,1-2H3,(H,12,16)(H,13,14,15). The van der Waals surface area contributed by atoms with Gasteiger partial charge in [-0.1, -0.05) is 13.8 Å². The number of amides is 1. The highest BCUT2D eigenvalue weighted by atomic mass is 16.5. The maximum Gasteiger partial charge on any atom is 0.291 e. The predicted molar refractivity (Wildman–Crippen MR) is 61.8 cm³/mol. The molecule has 1 fully saturated rings. The van der Waals surface area contributed by atoms with Gasteiger partial charge in [-0.2, -0.15) is 0 Å². The van der Waals surface area contributed by atoms with Crippen LogP contribution in [0.4, 0.5) is 0 Å². The van der Waals surface area contributed by atoms with Gasteiger partial charge in [0.2, 0.25) is 5.82 Å². The Morgan fingerprint density at radius 2 is 2.41 bits per heavy atom.